The molecule has 0 aromatic heterocycles. The molecular weight excluding hydrogens is 246 g/mol. The minimum Gasteiger partial charge on any atom is -0.480 e. The van der Waals surface area contributed by atoms with E-state index in [9.17, 15) is 14.7 Å². The smallest absolute Gasteiger partial charge is 0.326 e. The highest BCUT2D eigenvalue weighted by molar-refractivity contribution is 5.96. The van der Waals surface area contributed by atoms with Crippen molar-refractivity contribution in [3.05, 3.63) is 35.4 Å². The summed E-state index contributed by atoms with van der Waals surface area (Å²) < 4.78 is 0. The first-order chi connectivity index (χ1) is 8.75. The first kappa shape index (κ1) is 15.2. The fourth-order valence-corrected chi connectivity index (χ4v) is 1.62. The number of rotatable bonds is 5. The van der Waals surface area contributed by atoms with Crippen LogP contribution in [0.5, 0.6) is 0 Å². The van der Waals surface area contributed by atoms with Crippen molar-refractivity contribution in [1.29, 1.82) is 0 Å². The number of hydrogen-bond donors (Lipinski definition) is 3. The van der Waals surface area contributed by atoms with Crippen LogP contribution in [0.1, 0.15) is 43.1 Å². The van der Waals surface area contributed by atoms with Crippen molar-refractivity contribution >= 4 is 11.9 Å². The molecule has 5 nitrogen and oxygen atoms in total. The largest absolute Gasteiger partial charge is 0.480 e. The third-order valence-electron chi connectivity index (χ3n) is 2.84. The van der Waals surface area contributed by atoms with E-state index in [-0.39, 0.29) is 0 Å². The van der Waals surface area contributed by atoms with E-state index in [0.717, 1.165) is 0 Å². The minimum atomic E-state index is -1.06. The predicted octanol–water partition coefficient (Wildman–Crippen LogP) is 1.51. The van der Waals surface area contributed by atoms with Crippen LogP contribution in [0.15, 0.2) is 24.3 Å². The number of carbonyl (C=O) groups excluding carboxylic acids is 1. The predicted molar refractivity (Wildman–Crippen MR) is 70.9 cm³/mol. The lowest BCUT2D eigenvalue weighted by molar-refractivity contribution is -0.139. The van der Waals surface area contributed by atoms with Gasteiger partial charge in [0.1, 0.15) is 6.04 Å². The van der Waals surface area contributed by atoms with Gasteiger partial charge in [0.15, 0.2) is 0 Å². The lowest BCUT2D eigenvalue weighted by atomic mass is 9.96. The molecule has 1 aromatic carbocycles. The Morgan fingerprint density at radius 2 is 2.00 bits per heavy atom. The van der Waals surface area contributed by atoms with Crippen LogP contribution in [0.4, 0.5) is 0 Å². The van der Waals surface area contributed by atoms with Crippen LogP contribution in [-0.2, 0) is 10.4 Å². The molecule has 1 amide bonds. The normalized spacial score (nSPS) is 12.8. The van der Waals surface area contributed by atoms with Crippen LogP contribution in [-0.4, -0.2) is 28.1 Å². The molecule has 104 valence electrons. The Morgan fingerprint density at radius 1 is 1.37 bits per heavy atom. The summed E-state index contributed by atoms with van der Waals surface area (Å²) in [6.07, 6.45) is 0.312. The van der Waals surface area contributed by atoms with Crippen molar-refractivity contribution in [2.24, 2.45) is 0 Å². The van der Waals surface area contributed by atoms with Crippen molar-refractivity contribution in [1.82, 2.24) is 5.32 Å². The highest BCUT2D eigenvalue weighted by Gasteiger charge is 2.21. The summed E-state index contributed by atoms with van der Waals surface area (Å²) in [5.74, 6) is -1.52. The van der Waals surface area contributed by atoms with E-state index in [1.807, 2.05) is 0 Å². The van der Waals surface area contributed by atoms with Gasteiger partial charge in [-0.25, -0.2) is 4.79 Å². The van der Waals surface area contributed by atoms with Crippen molar-refractivity contribution in [2.45, 2.75) is 38.8 Å². The fourth-order valence-electron chi connectivity index (χ4n) is 1.62. The number of carboxylic acids is 1. The van der Waals surface area contributed by atoms with Gasteiger partial charge in [-0.2, -0.15) is 0 Å². The van der Waals surface area contributed by atoms with Gasteiger partial charge in [-0.3, -0.25) is 4.79 Å². The molecule has 5 heteroatoms. The lowest BCUT2D eigenvalue weighted by Gasteiger charge is -2.19. The van der Waals surface area contributed by atoms with E-state index < -0.39 is 23.5 Å². The molecule has 19 heavy (non-hydrogen) atoms. The quantitative estimate of drug-likeness (QED) is 0.753. The van der Waals surface area contributed by atoms with E-state index in [1.165, 1.54) is 0 Å². The van der Waals surface area contributed by atoms with Crippen molar-refractivity contribution < 1.29 is 19.8 Å². The zero-order chi connectivity index (χ0) is 14.6. The number of nitrogens with one attached hydrogen (secondary N) is 1. The molecule has 0 aliphatic carbocycles. The first-order valence-electron chi connectivity index (χ1n) is 6.12. The van der Waals surface area contributed by atoms with E-state index in [0.29, 0.717) is 17.5 Å². The van der Waals surface area contributed by atoms with Gasteiger partial charge in [-0.15, -0.1) is 0 Å². The second-order valence-corrected chi connectivity index (χ2v) is 4.91. The maximum Gasteiger partial charge on any atom is 0.326 e. The molecule has 0 spiro atoms. The van der Waals surface area contributed by atoms with Gasteiger partial charge in [-0.1, -0.05) is 19.1 Å². The van der Waals surface area contributed by atoms with Crippen molar-refractivity contribution in [2.75, 3.05) is 0 Å². The summed E-state index contributed by atoms with van der Waals surface area (Å²) in [7, 11) is 0. The average Bonchev–Trinajstić information content (AvgIpc) is 2.34. The molecule has 3 N–H and O–H groups in total. The Balaban J connectivity index is 2.92. The Kier molecular flexibility index (Phi) is 4.67. The topological polar surface area (TPSA) is 86.6 Å². The number of amides is 1. The van der Waals surface area contributed by atoms with Crippen LogP contribution in [0, 0.1) is 0 Å². The first-order valence-corrected chi connectivity index (χ1v) is 6.12. The monoisotopic (exact) mass is 265 g/mol. The zero-order valence-corrected chi connectivity index (χ0v) is 11.3. The molecule has 1 rings (SSSR count). The standard InChI is InChI=1S/C14H19NO4/c1-4-11(13(17)18)15-12(16)9-6-5-7-10(8-9)14(2,3)19/h5-8,11,19H,4H2,1-3H3,(H,15,16)(H,17,18). The number of carbonyl (C=O) groups is 2. The highest BCUT2D eigenvalue weighted by atomic mass is 16.4. The zero-order valence-electron chi connectivity index (χ0n) is 11.3. The molecule has 0 saturated carbocycles. The number of hydrogen-bond acceptors (Lipinski definition) is 3. The van der Waals surface area contributed by atoms with Gasteiger partial charge in [-0.05, 0) is 38.0 Å². The van der Waals surface area contributed by atoms with Gasteiger partial charge >= 0.3 is 5.97 Å². The molecule has 0 aliphatic heterocycles. The molecule has 0 saturated heterocycles. The summed E-state index contributed by atoms with van der Waals surface area (Å²) in [4.78, 5) is 22.8. The van der Waals surface area contributed by atoms with Crippen molar-refractivity contribution in [3.8, 4) is 0 Å². The molecule has 0 fully saturated rings. The highest BCUT2D eigenvalue weighted by Crippen LogP contribution is 2.20. The molecule has 0 aliphatic rings. The SMILES string of the molecule is CCC(NC(=O)c1cccc(C(C)(C)O)c1)C(=O)O. The third kappa shape index (κ3) is 4.06. The molecule has 1 aromatic rings. The van der Waals surface area contributed by atoms with Crippen LogP contribution in [0.3, 0.4) is 0 Å². The molecule has 1 atom stereocenters. The summed E-state index contributed by atoms with van der Waals surface area (Å²) >= 11 is 0. The Hall–Kier alpha value is -1.88. The Bertz CT molecular complexity index is 477. The summed E-state index contributed by atoms with van der Waals surface area (Å²) in [5, 5.41) is 21.2. The van der Waals surface area contributed by atoms with Crippen molar-refractivity contribution in [3.63, 3.8) is 0 Å². The number of benzene rings is 1. The summed E-state index contributed by atoms with van der Waals surface area (Å²) in [6.45, 7) is 4.93. The second-order valence-electron chi connectivity index (χ2n) is 4.91. The Labute approximate surface area is 112 Å². The van der Waals surface area contributed by atoms with E-state index in [4.69, 9.17) is 5.11 Å². The lowest BCUT2D eigenvalue weighted by Crippen LogP contribution is -2.40. The van der Waals surface area contributed by atoms with E-state index in [2.05, 4.69) is 5.32 Å². The number of aliphatic carboxylic acids is 1. The van der Waals surface area contributed by atoms with E-state index in [1.54, 1.807) is 45.0 Å². The summed E-state index contributed by atoms with van der Waals surface area (Å²) in [5.41, 5.74) is -0.115. The molecule has 0 heterocycles. The van der Waals surface area contributed by atoms with Gasteiger partial charge in [0.05, 0.1) is 5.60 Å². The third-order valence-corrected chi connectivity index (χ3v) is 2.84. The van der Waals surface area contributed by atoms with Gasteiger partial charge < -0.3 is 15.5 Å². The van der Waals surface area contributed by atoms with E-state index >= 15 is 0 Å². The molecular formula is C14H19NO4. The maximum atomic E-state index is 11.9. The molecule has 0 bridgehead atoms. The van der Waals surface area contributed by atoms with Crippen LogP contribution >= 0.6 is 0 Å². The maximum absolute atomic E-state index is 11.9. The second kappa shape index (κ2) is 5.84. The summed E-state index contributed by atoms with van der Waals surface area (Å²) in [6, 6.07) is 5.61. The number of aliphatic hydroxyl groups is 1. The minimum absolute atomic E-state index is 0.312. The molecule has 1 unspecified atom stereocenters. The Morgan fingerprint density at radius 3 is 2.47 bits per heavy atom. The van der Waals surface area contributed by atoms with Crippen LogP contribution in [0.2, 0.25) is 0 Å². The van der Waals surface area contributed by atoms with Crippen LogP contribution in [0.25, 0.3) is 0 Å². The van der Waals surface area contributed by atoms with Gasteiger partial charge in [0.25, 0.3) is 5.91 Å². The fraction of sp³-hybridized carbons (Fsp3) is 0.429. The molecule has 0 radical (unpaired) electrons. The van der Waals surface area contributed by atoms with Crippen LogP contribution < -0.4 is 5.32 Å². The number of carboxylic acid groups (broad SMARTS) is 1. The van der Waals surface area contributed by atoms with Gasteiger partial charge in [0, 0.05) is 5.56 Å². The van der Waals surface area contributed by atoms with Gasteiger partial charge in [0.2, 0.25) is 0 Å². The average molecular weight is 265 g/mol.